The minimum atomic E-state index is -0.397. The van der Waals surface area contributed by atoms with Crippen molar-refractivity contribution in [2.24, 2.45) is 0 Å². The van der Waals surface area contributed by atoms with Gasteiger partial charge < -0.3 is 14.2 Å². The van der Waals surface area contributed by atoms with Gasteiger partial charge in [0.05, 0.1) is 0 Å². The summed E-state index contributed by atoms with van der Waals surface area (Å²) in [6.45, 7) is 7.81. The maximum Gasteiger partial charge on any atom is 0.305 e. The highest BCUT2D eigenvalue weighted by Gasteiger charge is 2.16. The van der Waals surface area contributed by atoms with Crippen LogP contribution in [0.15, 0.2) is 12.2 Å². The van der Waals surface area contributed by atoms with Crippen LogP contribution in [0.2, 0.25) is 0 Å². The second kappa shape index (κ2) is 61.9. The minimum Gasteiger partial charge on any atom is -0.463 e. The van der Waals surface area contributed by atoms with E-state index in [4.69, 9.17) is 14.2 Å². The van der Waals surface area contributed by atoms with E-state index in [9.17, 15) is 9.59 Å². The van der Waals surface area contributed by atoms with Gasteiger partial charge in [-0.15, -0.1) is 0 Å². The highest BCUT2D eigenvalue weighted by atomic mass is 16.6. The Bertz CT molecular complexity index is 967. The number of rotatable bonds is 61. The van der Waals surface area contributed by atoms with Crippen molar-refractivity contribution in [2.75, 3.05) is 19.8 Å². The molecular formula is C65H126O5. The molecule has 0 aromatic carbocycles. The molecule has 0 rings (SSSR count). The maximum atomic E-state index is 12.7. The van der Waals surface area contributed by atoms with Gasteiger partial charge in [-0.1, -0.05) is 322 Å². The Morgan fingerprint density at radius 1 is 0.286 bits per heavy atom. The SMILES string of the molecule is CCCCCCCC/C=C\CCCCCCCCOC(COC(=O)CCCCCCCCCCCCCCCCCCCCC)COC(=O)CCCCCCCCCCCCCCCCCCCCC. The standard InChI is InChI=1S/C65H126O5/c1-4-7-10-13-16-19-22-25-28-31-33-35-37-40-43-46-49-52-55-58-64(66)69-61-63(68-60-57-54-51-48-45-42-39-30-27-24-21-18-15-12-9-6-3)62-70-65(67)59-56-53-50-47-44-41-38-36-34-32-29-26-23-20-17-14-11-8-5-2/h27,30,63H,4-26,28-29,31-62H2,1-3H3/b30-27-. The number of esters is 2. The number of hydrogen-bond acceptors (Lipinski definition) is 5. The Balaban J connectivity index is 4.18. The lowest BCUT2D eigenvalue weighted by atomic mass is 10.0. The molecule has 0 radical (unpaired) electrons. The minimum absolute atomic E-state index is 0.154. The normalized spacial score (nSPS) is 11.7. The van der Waals surface area contributed by atoms with Crippen LogP contribution in [-0.2, 0) is 23.8 Å². The highest BCUT2D eigenvalue weighted by molar-refractivity contribution is 5.69. The third-order valence-electron chi connectivity index (χ3n) is 14.8. The molecule has 5 nitrogen and oxygen atoms in total. The van der Waals surface area contributed by atoms with Crippen LogP contribution in [0.4, 0.5) is 0 Å². The van der Waals surface area contributed by atoms with Gasteiger partial charge >= 0.3 is 11.9 Å². The van der Waals surface area contributed by atoms with Crippen molar-refractivity contribution in [3.8, 4) is 0 Å². The molecule has 0 heterocycles. The summed E-state index contributed by atoms with van der Waals surface area (Å²) in [5, 5.41) is 0. The van der Waals surface area contributed by atoms with Crippen LogP contribution in [0.25, 0.3) is 0 Å². The van der Waals surface area contributed by atoms with Gasteiger partial charge in [0.25, 0.3) is 0 Å². The van der Waals surface area contributed by atoms with E-state index in [0.29, 0.717) is 19.4 Å². The Kier molecular flexibility index (Phi) is 60.7. The Morgan fingerprint density at radius 2 is 0.500 bits per heavy atom. The predicted octanol–water partition coefficient (Wildman–Crippen LogP) is 22.1. The first kappa shape index (κ1) is 68.6. The zero-order valence-corrected chi connectivity index (χ0v) is 48.1. The first-order chi connectivity index (χ1) is 34.6. The van der Waals surface area contributed by atoms with E-state index in [1.165, 1.54) is 295 Å². The summed E-state index contributed by atoms with van der Waals surface area (Å²) in [6, 6.07) is 0. The van der Waals surface area contributed by atoms with Crippen LogP contribution in [0.3, 0.4) is 0 Å². The highest BCUT2D eigenvalue weighted by Crippen LogP contribution is 2.18. The summed E-state index contributed by atoms with van der Waals surface area (Å²) in [5.41, 5.74) is 0. The van der Waals surface area contributed by atoms with Crippen molar-refractivity contribution in [3.63, 3.8) is 0 Å². The number of ether oxygens (including phenoxy) is 3. The molecule has 0 aromatic heterocycles. The van der Waals surface area contributed by atoms with Gasteiger partial charge in [-0.2, -0.15) is 0 Å². The molecule has 0 atom stereocenters. The van der Waals surface area contributed by atoms with E-state index in [2.05, 4.69) is 32.9 Å². The van der Waals surface area contributed by atoms with Crippen LogP contribution in [-0.4, -0.2) is 37.9 Å². The van der Waals surface area contributed by atoms with Crippen molar-refractivity contribution < 1.29 is 23.8 Å². The lowest BCUT2D eigenvalue weighted by molar-refractivity contribution is -0.155. The largest absolute Gasteiger partial charge is 0.463 e. The van der Waals surface area contributed by atoms with Crippen molar-refractivity contribution in [1.82, 2.24) is 0 Å². The zero-order valence-electron chi connectivity index (χ0n) is 48.1. The van der Waals surface area contributed by atoms with Crippen LogP contribution in [0, 0.1) is 0 Å². The summed E-state index contributed by atoms with van der Waals surface area (Å²) in [6.07, 6.45) is 74.2. The third-order valence-corrected chi connectivity index (χ3v) is 14.8. The topological polar surface area (TPSA) is 61.8 Å². The molecule has 0 amide bonds. The number of unbranched alkanes of at least 4 members (excludes halogenated alkanes) is 48. The van der Waals surface area contributed by atoms with Crippen molar-refractivity contribution >= 4 is 11.9 Å². The number of hydrogen-bond donors (Lipinski definition) is 0. The van der Waals surface area contributed by atoms with Crippen LogP contribution >= 0.6 is 0 Å². The molecule has 0 unspecified atom stereocenters. The van der Waals surface area contributed by atoms with E-state index >= 15 is 0 Å². The zero-order chi connectivity index (χ0) is 50.6. The second-order valence-corrected chi connectivity index (χ2v) is 22.0. The predicted molar refractivity (Wildman–Crippen MR) is 307 cm³/mol. The maximum absolute atomic E-state index is 12.7. The molecule has 416 valence electrons. The molecule has 0 saturated carbocycles. The molecule has 0 N–H and O–H groups in total. The first-order valence-electron chi connectivity index (χ1n) is 32.2. The summed E-state index contributed by atoms with van der Waals surface area (Å²) in [4.78, 5) is 25.4. The Hall–Kier alpha value is -1.36. The van der Waals surface area contributed by atoms with Crippen LogP contribution < -0.4 is 0 Å². The van der Waals surface area contributed by atoms with Gasteiger partial charge in [-0.05, 0) is 44.9 Å². The molecule has 5 heteroatoms. The molecule has 70 heavy (non-hydrogen) atoms. The molecule has 0 saturated heterocycles. The average Bonchev–Trinajstić information content (AvgIpc) is 3.36. The monoisotopic (exact) mass is 987 g/mol. The van der Waals surface area contributed by atoms with E-state index in [1.807, 2.05) is 0 Å². The van der Waals surface area contributed by atoms with Crippen LogP contribution in [0.1, 0.15) is 367 Å². The molecule has 0 spiro atoms. The number of allylic oxidation sites excluding steroid dienone is 2. The fourth-order valence-corrected chi connectivity index (χ4v) is 9.96. The lowest BCUT2D eigenvalue weighted by Crippen LogP contribution is -2.29. The van der Waals surface area contributed by atoms with Gasteiger partial charge in [0, 0.05) is 19.4 Å². The van der Waals surface area contributed by atoms with Crippen molar-refractivity contribution in [2.45, 2.75) is 374 Å². The van der Waals surface area contributed by atoms with Gasteiger partial charge in [0.15, 0.2) is 0 Å². The van der Waals surface area contributed by atoms with Gasteiger partial charge in [-0.25, -0.2) is 0 Å². The van der Waals surface area contributed by atoms with Crippen LogP contribution in [0.5, 0.6) is 0 Å². The molecule has 0 aliphatic rings. The summed E-state index contributed by atoms with van der Waals surface area (Å²) >= 11 is 0. The fourth-order valence-electron chi connectivity index (χ4n) is 9.96. The smallest absolute Gasteiger partial charge is 0.305 e. The van der Waals surface area contributed by atoms with Gasteiger partial charge in [0.1, 0.15) is 19.3 Å². The number of carbonyl (C=O) groups excluding carboxylic acids is 2. The van der Waals surface area contributed by atoms with E-state index < -0.39 is 6.10 Å². The molecule has 0 fully saturated rings. The van der Waals surface area contributed by atoms with E-state index in [-0.39, 0.29) is 25.2 Å². The van der Waals surface area contributed by atoms with Gasteiger partial charge in [-0.3, -0.25) is 9.59 Å². The fraction of sp³-hybridized carbons (Fsp3) is 0.938. The molecule has 0 aliphatic heterocycles. The molecule has 0 aliphatic carbocycles. The number of carbonyl (C=O) groups is 2. The van der Waals surface area contributed by atoms with E-state index in [1.54, 1.807) is 0 Å². The van der Waals surface area contributed by atoms with E-state index in [0.717, 1.165) is 38.5 Å². The summed E-state index contributed by atoms with van der Waals surface area (Å²) in [5.74, 6) is -0.309. The van der Waals surface area contributed by atoms with Crippen molar-refractivity contribution in [3.05, 3.63) is 12.2 Å². The Labute approximate surface area is 439 Å². The molecule has 0 aromatic rings. The summed E-state index contributed by atoms with van der Waals surface area (Å²) < 4.78 is 17.6. The molecule has 0 bridgehead atoms. The van der Waals surface area contributed by atoms with Crippen molar-refractivity contribution in [1.29, 1.82) is 0 Å². The Morgan fingerprint density at radius 3 is 0.757 bits per heavy atom. The summed E-state index contributed by atoms with van der Waals surface area (Å²) in [7, 11) is 0. The molecular weight excluding hydrogens is 861 g/mol. The second-order valence-electron chi connectivity index (χ2n) is 22.0. The first-order valence-corrected chi connectivity index (χ1v) is 32.2. The lowest BCUT2D eigenvalue weighted by Gasteiger charge is -2.18. The van der Waals surface area contributed by atoms with Gasteiger partial charge in [0.2, 0.25) is 0 Å². The third kappa shape index (κ3) is 59.2. The average molecular weight is 988 g/mol. The quantitative estimate of drug-likeness (QED) is 0.0345.